The molecule has 1 rings (SSSR count). The number of nitrogens with one attached hydrogen (secondary N) is 1. The predicted octanol–water partition coefficient (Wildman–Crippen LogP) is -0.442. The molecule has 1 unspecified atom stereocenters. The fraction of sp³-hybridized carbons (Fsp3) is 0.833. The van der Waals surface area contributed by atoms with Gasteiger partial charge in [-0.25, -0.2) is 13.2 Å². The van der Waals surface area contributed by atoms with Crippen LogP contribution in [0.4, 0.5) is 0 Å². The van der Waals surface area contributed by atoms with Crippen molar-refractivity contribution in [2.45, 2.75) is 6.42 Å². The summed E-state index contributed by atoms with van der Waals surface area (Å²) >= 11 is 0. The van der Waals surface area contributed by atoms with Crippen LogP contribution in [0, 0.1) is 5.92 Å². The Kier molecular flexibility index (Phi) is 3.05. The van der Waals surface area contributed by atoms with Gasteiger partial charge >= 0.3 is 0 Å². The second-order valence-corrected chi connectivity index (χ2v) is 4.49. The van der Waals surface area contributed by atoms with E-state index in [9.17, 15) is 8.42 Å². The van der Waals surface area contributed by atoms with Crippen LogP contribution in [0.5, 0.6) is 0 Å². The summed E-state index contributed by atoms with van der Waals surface area (Å²) < 4.78 is 26.2. The van der Waals surface area contributed by atoms with E-state index < -0.39 is 10.0 Å². The van der Waals surface area contributed by atoms with Gasteiger partial charge in [0, 0.05) is 18.7 Å². The number of hydrogen-bond donors (Lipinski definition) is 1. The van der Waals surface area contributed by atoms with Gasteiger partial charge in [-0.3, -0.25) is 0 Å². The Hall–Kier alpha value is -0.620. The maximum Gasteiger partial charge on any atom is 0.244 e. The molecule has 1 fully saturated rings. The molecular weight excluding hydrogens is 180 g/mol. The van der Waals surface area contributed by atoms with Crippen LogP contribution in [0.25, 0.3) is 0 Å². The van der Waals surface area contributed by atoms with Gasteiger partial charge in [-0.1, -0.05) is 0 Å². The maximum absolute atomic E-state index is 10.5. The van der Waals surface area contributed by atoms with Crippen LogP contribution >= 0.6 is 0 Å². The first-order valence-electron chi connectivity index (χ1n) is 3.65. The molecule has 0 aromatic rings. The van der Waals surface area contributed by atoms with E-state index in [-0.39, 0.29) is 5.92 Å². The first kappa shape index (κ1) is 9.47. The summed E-state index contributed by atoms with van der Waals surface area (Å²) in [6, 6.07) is 0. The molecule has 1 aliphatic rings. The summed E-state index contributed by atoms with van der Waals surface area (Å²) in [5.41, 5.74) is 0. The fourth-order valence-electron chi connectivity index (χ4n) is 0.902. The highest BCUT2D eigenvalue weighted by Gasteiger charge is 2.12. The summed E-state index contributed by atoms with van der Waals surface area (Å²) in [7, 11) is -3.20. The Labute approximate surface area is 71.8 Å². The topological polar surface area (TPSA) is 67.8 Å². The standard InChI is InChI=1S/C6H12N2O3S/c1-12(9,10)8-7-4-6-2-3-11-5-6/h4,6,8H,2-3,5H2,1H3/b7-4+. The summed E-state index contributed by atoms with van der Waals surface area (Å²) in [6.07, 6.45) is 3.55. The van der Waals surface area contributed by atoms with E-state index in [1.165, 1.54) is 0 Å². The molecule has 70 valence electrons. The van der Waals surface area contributed by atoms with E-state index in [1.807, 2.05) is 4.83 Å². The first-order chi connectivity index (χ1) is 5.58. The fourth-order valence-corrected chi connectivity index (χ4v) is 1.15. The highest BCUT2D eigenvalue weighted by atomic mass is 32.2. The lowest BCUT2D eigenvalue weighted by Crippen LogP contribution is -2.16. The third kappa shape index (κ3) is 3.68. The molecule has 1 aliphatic heterocycles. The Morgan fingerprint density at radius 3 is 2.92 bits per heavy atom. The van der Waals surface area contributed by atoms with Gasteiger partial charge in [0.05, 0.1) is 12.9 Å². The van der Waals surface area contributed by atoms with Crippen LogP contribution in [-0.4, -0.2) is 34.1 Å². The number of sulfonamides is 1. The molecule has 6 heteroatoms. The minimum absolute atomic E-state index is 0.249. The van der Waals surface area contributed by atoms with Gasteiger partial charge in [-0.2, -0.15) is 5.10 Å². The minimum atomic E-state index is -3.20. The van der Waals surface area contributed by atoms with Gasteiger partial charge in [0.25, 0.3) is 0 Å². The summed E-state index contributed by atoms with van der Waals surface area (Å²) in [5, 5.41) is 3.58. The van der Waals surface area contributed by atoms with Crippen molar-refractivity contribution in [3.8, 4) is 0 Å². The zero-order chi connectivity index (χ0) is 9.03. The highest BCUT2D eigenvalue weighted by molar-refractivity contribution is 7.88. The molecule has 1 saturated heterocycles. The van der Waals surface area contributed by atoms with Crippen molar-refractivity contribution in [3.63, 3.8) is 0 Å². The number of hydrazone groups is 1. The van der Waals surface area contributed by atoms with Crippen molar-refractivity contribution >= 4 is 16.2 Å². The normalized spacial score (nSPS) is 24.9. The van der Waals surface area contributed by atoms with E-state index >= 15 is 0 Å². The molecule has 0 radical (unpaired) electrons. The molecule has 0 aromatic heterocycles. The van der Waals surface area contributed by atoms with E-state index in [0.29, 0.717) is 6.61 Å². The quantitative estimate of drug-likeness (QED) is 0.487. The third-order valence-electron chi connectivity index (χ3n) is 1.47. The summed E-state index contributed by atoms with van der Waals surface area (Å²) in [4.78, 5) is 2.03. The number of ether oxygens (including phenoxy) is 1. The summed E-state index contributed by atoms with van der Waals surface area (Å²) in [6.45, 7) is 1.37. The van der Waals surface area contributed by atoms with Gasteiger partial charge in [0.1, 0.15) is 0 Å². The van der Waals surface area contributed by atoms with Crippen molar-refractivity contribution in [2.75, 3.05) is 19.5 Å². The highest BCUT2D eigenvalue weighted by Crippen LogP contribution is 2.08. The molecule has 12 heavy (non-hydrogen) atoms. The van der Waals surface area contributed by atoms with Gasteiger partial charge in [0.15, 0.2) is 0 Å². The number of nitrogens with zero attached hydrogens (tertiary/aromatic N) is 1. The van der Waals surface area contributed by atoms with Crippen LogP contribution in [0.1, 0.15) is 6.42 Å². The Bertz CT molecular complexity index is 254. The molecule has 0 aromatic carbocycles. The van der Waals surface area contributed by atoms with Gasteiger partial charge < -0.3 is 4.74 Å². The Morgan fingerprint density at radius 2 is 2.42 bits per heavy atom. The monoisotopic (exact) mass is 192 g/mol. The van der Waals surface area contributed by atoms with Crippen LogP contribution in [0.15, 0.2) is 5.10 Å². The minimum Gasteiger partial charge on any atom is -0.381 e. The van der Waals surface area contributed by atoms with Crippen LogP contribution < -0.4 is 4.83 Å². The molecular formula is C6H12N2O3S. The second-order valence-electron chi connectivity index (χ2n) is 2.77. The molecule has 0 spiro atoms. The molecule has 1 heterocycles. The van der Waals surface area contributed by atoms with Crippen molar-refractivity contribution in [1.82, 2.24) is 4.83 Å². The molecule has 0 amide bonds. The van der Waals surface area contributed by atoms with Crippen molar-refractivity contribution < 1.29 is 13.2 Å². The van der Waals surface area contributed by atoms with Gasteiger partial charge in [0.2, 0.25) is 10.0 Å². The van der Waals surface area contributed by atoms with Gasteiger partial charge in [-0.05, 0) is 6.42 Å². The lowest BCUT2D eigenvalue weighted by molar-refractivity contribution is 0.193. The van der Waals surface area contributed by atoms with E-state index in [1.54, 1.807) is 6.21 Å². The Morgan fingerprint density at radius 1 is 1.67 bits per heavy atom. The van der Waals surface area contributed by atoms with E-state index in [0.717, 1.165) is 19.3 Å². The number of rotatable bonds is 3. The van der Waals surface area contributed by atoms with Gasteiger partial charge in [-0.15, -0.1) is 0 Å². The van der Waals surface area contributed by atoms with E-state index in [4.69, 9.17) is 4.74 Å². The van der Waals surface area contributed by atoms with Crippen molar-refractivity contribution in [2.24, 2.45) is 11.0 Å². The third-order valence-corrected chi connectivity index (χ3v) is 1.91. The predicted molar refractivity (Wildman–Crippen MR) is 45.4 cm³/mol. The number of hydrogen-bond acceptors (Lipinski definition) is 4. The average molecular weight is 192 g/mol. The SMILES string of the molecule is CS(=O)(=O)N/N=C/C1CCOC1. The maximum atomic E-state index is 10.5. The van der Waals surface area contributed by atoms with Crippen molar-refractivity contribution in [3.05, 3.63) is 0 Å². The molecule has 0 aliphatic carbocycles. The molecule has 0 bridgehead atoms. The van der Waals surface area contributed by atoms with Crippen molar-refractivity contribution in [1.29, 1.82) is 0 Å². The Balaban J connectivity index is 2.30. The molecule has 5 nitrogen and oxygen atoms in total. The zero-order valence-electron chi connectivity index (χ0n) is 6.86. The van der Waals surface area contributed by atoms with Crippen LogP contribution in [0.2, 0.25) is 0 Å². The molecule has 0 saturated carbocycles. The van der Waals surface area contributed by atoms with Crippen LogP contribution in [0.3, 0.4) is 0 Å². The van der Waals surface area contributed by atoms with E-state index in [2.05, 4.69) is 5.10 Å². The molecule has 1 atom stereocenters. The lowest BCUT2D eigenvalue weighted by Gasteiger charge is -1.98. The zero-order valence-corrected chi connectivity index (χ0v) is 7.67. The molecule has 1 N–H and O–H groups in total. The lowest BCUT2D eigenvalue weighted by atomic mass is 10.1. The van der Waals surface area contributed by atoms with Crippen LogP contribution in [-0.2, 0) is 14.8 Å². The summed E-state index contributed by atoms with van der Waals surface area (Å²) in [5.74, 6) is 0.249. The second kappa shape index (κ2) is 3.86. The largest absolute Gasteiger partial charge is 0.381 e. The first-order valence-corrected chi connectivity index (χ1v) is 5.55. The average Bonchev–Trinajstić information content (AvgIpc) is 2.36. The smallest absolute Gasteiger partial charge is 0.244 e.